The van der Waals surface area contributed by atoms with E-state index in [9.17, 15) is 26.8 Å². The van der Waals surface area contributed by atoms with Gasteiger partial charge in [-0.2, -0.15) is 0 Å². The summed E-state index contributed by atoms with van der Waals surface area (Å²) in [6.07, 6.45) is 4.73. The molecule has 0 aromatic heterocycles. The number of carbonyl (C=O) groups excluding carboxylic acids is 2. The monoisotopic (exact) mass is 589 g/mol. The number of carbonyl (C=O) groups is 2. The van der Waals surface area contributed by atoms with Gasteiger partial charge in [-0.3, -0.25) is 13.9 Å². The maximum atomic E-state index is 13.7. The van der Waals surface area contributed by atoms with Crippen LogP contribution in [0.2, 0.25) is 10.0 Å². The van der Waals surface area contributed by atoms with Gasteiger partial charge in [-0.05, 0) is 50.5 Å². The van der Waals surface area contributed by atoms with Gasteiger partial charge in [0.25, 0.3) is 0 Å². The SMILES string of the molecule is C[C@H](C(=O)NC1CCCC1)N(Cc1c(Cl)cccc1Cl)C(=O)CCCN(c1ccc(F)c(F)c1)S(C)(=O)=O. The number of anilines is 1. The van der Waals surface area contributed by atoms with Crippen molar-refractivity contribution in [3.63, 3.8) is 0 Å². The number of nitrogens with zero attached hydrogens (tertiary/aromatic N) is 2. The molecule has 0 radical (unpaired) electrons. The first-order valence-electron chi connectivity index (χ1n) is 12.3. The van der Waals surface area contributed by atoms with Crippen molar-refractivity contribution < 1.29 is 26.8 Å². The summed E-state index contributed by atoms with van der Waals surface area (Å²) in [5.74, 6) is -2.99. The van der Waals surface area contributed by atoms with Gasteiger partial charge in [0.05, 0.1) is 11.9 Å². The number of rotatable bonds is 11. The Labute approximate surface area is 232 Å². The van der Waals surface area contributed by atoms with Crippen molar-refractivity contribution in [3.8, 4) is 0 Å². The highest BCUT2D eigenvalue weighted by Gasteiger charge is 2.29. The zero-order chi connectivity index (χ0) is 28.0. The number of amides is 2. The molecule has 208 valence electrons. The van der Waals surface area contributed by atoms with Gasteiger partial charge >= 0.3 is 0 Å². The van der Waals surface area contributed by atoms with Gasteiger partial charge in [-0.1, -0.05) is 42.1 Å². The van der Waals surface area contributed by atoms with E-state index in [0.29, 0.717) is 15.6 Å². The Morgan fingerprint density at radius 3 is 2.29 bits per heavy atom. The van der Waals surface area contributed by atoms with Gasteiger partial charge in [-0.15, -0.1) is 0 Å². The van der Waals surface area contributed by atoms with E-state index < -0.39 is 33.6 Å². The topological polar surface area (TPSA) is 86.8 Å². The second kappa shape index (κ2) is 13.1. The van der Waals surface area contributed by atoms with Gasteiger partial charge in [0.15, 0.2) is 11.6 Å². The van der Waals surface area contributed by atoms with Gasteiger partial charge in [0.1, 0.15) is 6.04 Å². The number of halogens is 4. The molecule has 0 saturated heterocycles. The number of hydrogen-bond donors (Lipinski definition) is 1. The quantitative estimate of drug-likeness (QED) is 0.385. The molecule has 0 unspecified atom stereocenters. The molecule has 0 bridgehead atoms. The Balaban J connectivity index is 1.77. The van der Waals surface area contributed by atoms with E-state index in [2.05, 4.69) is 5.32 Å². The van der Waals surface area contributed by atoms with Crippen molar-refractivity contribution in [2.24, 2.45) is 0 Å². The van der Waals surface area contributed by atoms with Crippen LogP contribution in [0.5, 0.6) is 0 Å². The minimum absolute atomic E-state index is 0.0183. The van der Waals surface area contributed by atoms with E-state index in [4.69, 9.17) is 23.2 Å². The van der Waals surface area contributed by atoms with Crippen molar-refractivity contribution in [3.05, 3.63) is 63.6 Å². The van der Waals surface area contributed by atoms with Crippen LogP contribution < -0.4 is 9.62 Å². The molecular weight excluding hydrogens is 559 g/mol. The molecule has 1 saturated carbocycles. The summed E-state index contributed by atoms with van der Waals surface area (Å²) in [6, 6.07) is 6.96. The normalized spacial score (nSPS) is 14.8. The number of hydrogen-bond acceptors (Lipinski definition) is 4. The minimum Gasteiger partial charge on any atom is -0.352 e. The van der Waals surface area contributed by atoms with Crippen molar-refractivity contribution in [2.75, 3.05) is 17.1 Å². The molecule has 0 heterocycles. The van der Waals surface area contributed by atoms with Crippen molar-refractivity contribution in [2.45, 2.75) is 64.1 Å². The van der Waals surface area contributed by atoms with Crippen LogP contribution in [-0.2, 0) is 26.2 Å². The maximum absolute atomic E-state index is 13.7. The first-order valence-corrected chi connectivity index (χ1v) is 14.9. The lowest BCUT2D eigenvalue weighted by Crippen LogP contribution is -2.49. The fourth-order valence-electron chi connectivity index (χ4n) is 4.47. The molecule has 1 fully saturated rings. The minimum atomic E-state index is -3.85. The molecule has 2 amide bonds. The van der Waals surface area contributed by atoms with Crippen LogP contribution in [0.4, 0.5) is 14.5 Å². The van der Waals surface area contributed by atoms with Crippen LogP contribution in [0.3, 0.4) is 0 Å². The van der Waals surface area contributed by atoms with Crippen molar-refractivity contribution in [1.82, 2.24) is 10.2 Å². The fraction of sp³-hybridized carbons (Fsp3) is 0.462. The third-order valence-electron chi connectivity index (χ3n) is 6.60. The number of benzene rings is 2. The lowest BCUT2D eigenvalue weighted by atomic mass is 10.1. The molecule has 7 nitrogen and oxygen atoms in total. The summed E-state index contributed by atoms with van der Waals surface area (Å²) >= 11 is 12.7. The zero-order valence-corrected chi connectivity index (χ0v) is 23.6. The summed E-state index contributed by atoms with van der Waals surface area (Å²) in [4.78, 5) is 27.8. The highest BCUT2D eigenvalue weighted by atomic mass is 35.5. The molecule has 38 heavy (non-hydrogen) atoms. The average Bonchev–Trinajstić information content (AvgIpc) is 3.35. The highest BCUT2D eigenvalue weighted by molar-refractivity contribution is 7.92. The van der Waals surface area contributed by atoms with E-state index in [1.54, 1.807) is 25.1 Å². The lowest BCUT2D eigenvalue weighted by molar-refractivity contribution is -0.140. The Kier molecular flexibility index (Phi) is 10.4. The van der Waals surface area contributed by atoms with E-state index in [0.717, 1.165) is 54.4 Å². The second-order valence-corrected chi connectivity index (χ2v) is 12.1. The van der Waals surface area contributed by atoms with Gasteiger partial charge in [0.2, 0.25) is 21.8 Å². The van der Waals surface area contributed by atoms with E-state index >= 15 is 0 Å². The maximum Gasteiger partial charge on any atom is 0.242 e. The van der Waals surface area contributed by atoms with E-state index in [1.165, 1.54) is 4.90 Å². The number of nitrogens with one attached hydrogen (secondary N) is 1. The average molecular weight is 591 g/mol. The summed E-state index contributed by atoms with van der Waals surface area (Å²) in [5.41, 5.74) is 0.437. The molecule has 12 heteroatoms. The summed E-state index contributed by atoms with van der Waals surface area (Å²) in [7, 11) is -3.85. The summed E-state index contributed by atoms with van der Waals surface area (Å²) in [5, 5.41) is 3.70. The molecule has 0 spiro atoms. The third-order valence-corrected chi connectivity index (χ3v) is 8.50. The predicted molar refractivity (Wildman–Crippen MR) is 145 cm³/mol. The van der Waals surface area contributed by atoms with Crippen LogP contribution in [-0.4, -0.2) is 50.0 Å². The zero-order valence-electron chi connectivity index (χ0n) is 21.2. The molecule has 2 aromatic carbocycles. The van der Waals surface area contributed by atoms with Crippen molar-refractivity contribution >= 4 is 50.7 Å². The first kappa shape index (κ1) is 30.1. The lowest BCUT2D eigenvalue weighted by Gasteiger charge is -2.30. The molecule has 0 aliphatic heterocycles. The van der Waals surface area contributed by atoms with Crippen LogP contribution in [0, 0.1) is 11.6 Å². The molecule has 1 N–H and O–H groups in total. The smallest absolute Gasteiger partial charge is 0.242 e. The molecule has 1 aliphatic carbocycles. The van der Waals surface area contributed by atoms with Crippen molar-refractivity contribution in [1.29, 1.82) is 0 Å². The van der Waals surface area contributed by atoms with Crippen LogP contribution >= 0.6 is 23.2 Å². The second-order valence-electron chi connectivity index (χ2n) is 9.42. The van der Waals surface area contributed by atoms with Gasteiger partial charge in [0, 0.05) is 47.2 Å². The van der Waals surface area contributed by atoms with Gasteiger partial charge < -0.3 is 10.2 Å². The first-order chi connectivity index (χ1) is 17.9. The van der Waals surface area contributed by atoms with E-state index in [1.807, 2.05) is 0 Å². The molecule has 3 rings (SSSR count). The fourth-order valence-corrected chi connectivity index (χ4v) is 5.95. The Bertz CT molecular complexity index is 1250. The third kappa shape index (κ3) is 7.80. The van der Waals surface area contributed by atoms with Crippen LogP contribution in [0.1, 0.15) is 51.0 Å². The molecule has 1 atom stereocenters. The molecule has 1 aliphatic rings. The number of sulfonamides is 1. The van der Waals surface area contributed by atoms with Crippen LogP contribution in [0.15, 0.2) is 36.4 Å². The van der Waals surface area contributed by atoms with Gasteiger partial charge in [-0.25, -0.2) is 17.2 Å². The largest absolute Gasteiger partial charge is 0.352 e. The molecule has 2 aromatic rings. The van der Waals surface area contributed by atoms with Crippen LogP contribution in [0.25, 0.3) is 0 Å². The summed E-state index contributed by atoms with van der Waals surface area (Å²) < 4.78 is 52.7. The Morgan fingerprint density at radius 1 is 1.08 bits per heavy atom. The Hall–Kier alpha value is -2.43. The molecular formula is C26H31Cl2F2N3O4S. The standard InChI is InChI=1S/C26H31Cl2F2N3O4S/c1-17(26(35)31-18-7-3-4-8-18)32(16-20-21(27)9-5-10-22(20)28)25(34)11-6-14-33(38(2,36)37)19-12-13-23(29)24(30)15-19/h5,9-10,12-13,15,17-18H,3-4,6-8,11,14,16H2,1-2H3,(H,31,35)/t17-/m1/s1. The highest BCUT2D eigenvalue weighted by Crippen LogP contribution is 2.27. The predicted octanol–water partition coefficient (Wildman–Crippen LogP) is 5.29. The summed E-state index contributed by atoms with van der Waals surface area (Å²) in [6.45, 7) is 1.45. The van der Waals surface area contributed by atoms with E-state index in [-0.39, 0.29) is 43.6 Å². The Morgan fingerprint density at radius 2 is 1.71 bits per heavy atom.